The molecule has 4 rings (SSSR count). The van der Waals surface area contributed by atoms with Crippen molar-refractivity contribution in [2.24, 2.45) is 0 Å². The minimum atomic E-state index is -1.26. The highest BCUT2D eigenvalue weighted by atomic mass is 16.4. The number of hydrogen-bond acceptors (Lipinski definition) is 3. The Kier molecular flexibility index (Phi) is 7.49. The second-order valence-electron chi connectivity index (χ2n) is 6.43. The van der Waals surface area contributed by atoms with Crippen LogP contribution in [0.3, 0.4) is 0 Å². The number of para-hydroxylation sites is 1. The molecule has 156 valence electrons. The number of amides is 1. The fourth-order valence-corrected chi connectivity index (χ4v) is 3.34. The van der Waals surface area contributed by atoms with E-state index in [1.54, 1.807) is 0 Å². The van der Waals surface area contributed by atoms with Crippen molar-refractivity contribution in [3.05, 3.63) is 83.6 Å². The van der Waals surface area contributed by atoms with Crippen molar-refractivity contribution in [3.63, 3.8) is 0 Å². The predicted molar refractivity (Wildman–Crippen MR) is 112 cm³/mol. The highest BCUT2D eigenvalue weighted by molar-refractivity contribution is 6.09. The monoisotopic (exact) mass is 410 g/mol. The molecule has 2 aromatic carbocycles. The number of rotatable bonds is 4. The zero-order valence-electron chi connectivity index (χ0n) is 16.0. The quantitative estimate of drug-likeness (QED) is 0.563. The van der Waals surface area contributed by atoms with Crippen LogP contribution in [0.4, 0.5) is 0 Å². The van der Waals surface area contributed by atoms with Crippen molar-refractivity contribution >= 4 is 28.7 Å². The van der Waals surface area contributed by atoms with Gasteiger partial charge in [0, 0.05) is 48.3 Å². The SMILES string of the molecule is O.O=C(O)C=CC(=O)O.O=C1NCCc2c1c1ccccc1n2Cc1ccccc1. The summed E-state index contributed by atoms with van der Waals surface area (Å²) in [6.45, 7) is 1.53. The number of fused-ring (bicyclic) bond motifs is 3. The van der Waals surface area contributed by atoms with Crippen molar-refractivity contribution < 1.29 is 30.1 Å². The molecule has 1 aliphatic heterocycles. The zero-order chi connectivity index (χ0) is 20.8. The maximum Gasteiger partial charge on any atom is 0.328 e. The zero-order valence-corrected chi connectivity index (χ0v) is 16.0. The lowest BCUT2D eigenvalue weighted by atomic mass is 10.1. The Labute approximate surface area is 172 Å². The molecule has 1 aromatic heterocycles. The van der Waals surface area contributed by atoms with Gasteiger partial charge in [-0.15, -0.1) is 0 Å². The molecule has 1 amide bonds. The first kappa shape index (κ1) is 22.4. The van der Waals surface area contributed by atoms with Gasteiger partial charge in [0.15, 0.2) is 0 Å². The minimum Gasteiger partial charge on any atom is -0.478 e. The van der Waals surface area contributed by atoms with Crippen LogP contribution in [-0.2, 0) is 22.6 Å². The van der Waals surface area contributed by atoms with Crippen molar-refractivity contribution in [1.82, 2.24) is 9.88 Å². The third-order valence-corrected chi connectivity index (χ3v) is 4.51. The minimum absolute atomic E-state index is 0. The molecular weight excluding hydrogens is 388 g/mol. The maximum absolute atomic E-state index is 12.2. The molecule has 0 fully saturated rings. The van der Waals surface area contributed by atoms with Crippen LogP contribution < -0.4 is 5.32 Å². The van der Waals surface area contributed by atoms with Gasteiger partial charge in [-0.2, -0.15) is 0 Å². The standard InChI is InChI=1S/C18H16N2O.C4H4O4.H2O/c21-18-17-14-8-4-5-9-15(14)20(16(17)10-11-19-18)12-13-6-2-1-3-7-13;5-3(6)1-2-4(7)8;/h1-9H,10-12H2,(H,19,21);1-2H,(H,5,6)(H,7,8);1H2. The van der Waals surface area contributed by atoms with E-state index in [9.17, 15) is 14.4 Å². The molecular formula is C22H22N2O6. The molecule has 0 bridgehead atoms. The summed E-state index contributed by atoms with van der Waals surface area (Å²) in [5, 5.41) is 19.6. The third-order valence-electron chi connectivity index (χ3n) is 4.51. The van der Waals surface area contributed by atoms with E-state index in [0.29, 0.717) is 12.2 Å². The Balaban J connectivity index is 0.000000308. The highest BCUT2D eigenvalue weighted by Gasteiger charge is 2.25. The van der Waals surface area contributed by atoms with Gasteiger partial charge >= 0.3 is 11.9 Å². The Morgan fingerprint density at radius 2 is 1.57 bits per heavy atom. The summed E-state index contributed by atoms with van der Waals surface area (Å²) in [7, 11) is 0. The molecule has 5 N–H and O–H groups in total. The molecule has 0 spiro atoms. The van der Waals surface area contributed by atoms with Gasteiger partial charge in [0.1, 0.15) is 0 Å². The second-order valence-corrected chi connectivity index (χ2v) is 6.43. The van der Waals surface area contributed by atoms with Crippen LogP contribution in [-0.4, -0.2) is 44.6 Å². The third kappa shape index (κ3) is 5.12. The number of carbonyl (C=O) groups excluding carboxylic acids is 1. The number of nitrogens with zero attached hydrogens (tertiary/aromatic N) is 1. The normalized spacial score (nSPS) is 12.3. The van der Waals surface area contributed by atoms with Crippen molar-refractivity contribution in [3.8, 4) is 0 Å². The molecule has 0 saturated carbocycles. The Bertz CT molecular complexity index is 1070. The van der Waals surface area contributed by atoms with E-state index in [4.69, 9.17) is 10.2 Å². The van der Waals surface area contributed by atoms with E-state index in [0.717, 1.165) is 41.7 Å². The van der Waals surface area contributed by atoms with E-state index in [1.807, 2.05) is 24.3 Å². The van der Waals surface area contributed by atoms with Crippen molar-refractivity contribution in [2.45, 2.75) is 13.0 Å². The number of carboxylic acids is 2. The van der Waals surface area contributed by atoms with Crippen LogP contribution in [0, 0.1) is 0 Å². The largest absolute Gasteiger partial charge is 0.478 e. The molecule has 2 heterocycles. The molecule has 1 aliphatic rings. The fourth-order valence-electron chi connectivity index (χ4n) is 3.34. The second kappa shape index (κ2) is 10.0. The summed E-state index contributed by atoms with van der Waals surface area (Å²) in [6, 6.07) is 18.6. The van der Waals surface area contributed by atoms with E-state index in [1.165, 1.54) is 5.56 Å². The van der Waals surface area contributed by atoms with E-state index in [-0.39, 0.29) is 11.4 Å². The molecule has 8 heteroatoms. The molecule has 0 radical (unpaired) electrons. The van der Waals surface area contributed by atoms with Crippen LogP contribution in [0.15, 0.2) is 66.7 Å². The lowest BCUT2D eigenvalue weighted by molar-refractivity contribution is -0.134. The number of carbonyl (C=O) groups is 3. The number of aromatic nitrogens is 1. The van der Waals surface area contributed by atoms with Gasteiger partial charge in [0.05, 0.1) is 5.56 Å². The summed E-state index contributed by atoms with van der Waals surface area (Å²) >= 11 is 0. The summed E-state index contributed by atoms with van der Waals surface area (Å²) in [5.41, 5.74) is 4.41. The van der Waals surface area contributed by atoms with Gasteiger partial charge in [-0.05, 0) is 11.6 Å². The average molecular weight is 410 g/mol. The molecule has 0 unspecified atom stereocenters. The summed E-state index contributed by atoms with van der Waals surface area (Å²) in [4.78, 5) is 31.3. The number of hydrogen-bond donors (Lipinski definition) is 3. The van der Waals surface area contributed by atoms with Gasteiger partial charge < -0.3 is 25.6 Å². The Hall–Kier alpha value is -3.91. The van der Waals surface area contributed by atoms with Gasteiger partial charge in [-0.25, -0.2) is 9.59 Å². The predicted octanol–water partition coefficient (Wildman–Crippen LogP) is 1.86. The Morgan fingerprint density at radius 1 is 0.967 bits per heavy atom. The number of aliphatic carboxylic acids is 2. The first-order chi connectivity index (χ1) is 14.0. The van der Waals surface area contributed by atoms with E-state index in [2.05, 4.69) is 40.2 Å². The topological polar surface area (TPSA) is 140 Å². The molecule has 0 atom stereocenters. The fraction of sp³-hybridized carbons (Fsp3) is 0.136. The van der Waals surface area contributed by atoms with Gasteiger partial charge in [0.2, 0.25) is 0 Å². The van der Waals surface area contributed by atoms with Crippen molar-refractivity contribution in [2.75, 3.05) is 6.54 Å². The smallest absolute Gasteiger partial charge is 0.328 e. The molecule has 8 nitrogen and oxygen atoms in total. The lowest BCUT2D eigenvalue weighted by Gasteiger charge is -2.16. The lowest BCUT2D eigenvalue weighted by Crippen LogP contribution is -2.32. The molecule has 0 saturated heterocycles. The Morgan fingerprint density at radius 3 is 2.20 bits per heavy atom. The number of carboxylic acid groups (broad SMARTS) is 2. The van der Waals surface area contributed by atoms with Gasteiger partial charge in [-0.3, -0.25) is 4.79 Å². The van der Waals surface area contributed by atoms with E-state index < -0.39 is 11.9 Å². The summed E-state index contributed by atoms with van der Waals surface area (Å²) in [5.74, 6) is -2.46. The number of benzene rings is 2. The van der Waals surface area contributed by atoms with Crippen LogP contribution in [0.1, 0.15) is 21.6 Å². The molecule has 30 heavy (non-hydrogen) atoms. The summed E-state index contributed by atoms with van der Waals surface area (Å²) in [6.07, 6.45) is 2.01. The molecule has 3 aromatic rings. The summed E-state index contributed by atoms with van der Waals surface area (Å²) < 4.78 is 2.29. The van der Waals surface area contributed by atoms with Gasteiger partial charge in [-0.1, -0.05) is 48.5 Å². The highest BCUT2D eigenvalue weighted by Crippen LogP contribution is 2.29. The maximum atomic E-state index is 12.2. The van der Waals surface area contributed by atoms with Gasteiger partial charge in [0.25, 0.3) is 5.91 Å². The van der Waals surface area contributed by atoms with Crippen LogP contribution in [0.5, 0.6) is 0 Å². The van der Waals surface area contributed by atoms with Crippen LogP contribution in [0.25, 0.3) is 10.9 Å². The van der Waals surface area contributed by atoms with Crippen LogP contribution >= 0.6 is 0 Å². The first-order valence-electron chi connectivity index (χ1n) is 9.03. The average Bonchev–Trinajstić information content (AvgIpc) is 3.03. The first-order valence-corrected chi connectivity index (χ1v) is 9.03. The van der Waals surface area contributed by atoms with Crippen LogP contribution in [0.2, 0.25) is 0 Å². The number of nitrogens with one attached hydrogen (secondary N) is 1. The van der Waals surface area contributed by atoms with Crippen molar-refractivity contribution in [1.29, 1.82) is 0 Å². The van der Waals surface area contributed by atoms with E-state index >= 15 is 0 Å². The molecule has 0 aliphatic carbocycles.